The van der Waals surface area contributed by atoms with Gasteiger partial charge in [-0.3, -0.25) is 9.88 Å². The van der Waals surface area contributed by atoms with Crippen LogP contribution in [-0.4, -0.2) is 57.3 Å². The Bertz CT molecular complexity index is 910. The second-order valence-corrected chi connectivity index (χ2v) is 6.62. The van der Waals surface area contributed by atoms with Crippen LogP contribution in [0.1, 0.15) is 19.3 Å². The fourth-order valence-corrected chi connectivity index (χ4v) is 3.36. The zero-order chi connectivity index (χ0) is 19.3. The predicted molar refractivity (Wildman–Crippen MR) is 98.6 cm³/mol. The molecule has 0 bridgehead atoms. The number of hydrogen-bond donors (Lipinski definition) is 0. The molecule has 3 aromatic rings. The molecule has 0 amide bonds. The standard InChI is InChI=1S/C19H21F2N5O2/c20-19(21)28-15-6-4-14(5-7-15)18-24-23-16-12-22-13-17(26(16)18)27-11-10-25-8-2-1-3-9-25/h4-7,12-13,19H,1-3,8-11H2. The van der Waals surface area contributed by atoms with Crippen LogP contribution in [0.4, 0.5) is 8.78 Å². The van der Waals surface area contributed by atoms with Crippen molar-refractivity contribution in [2.75, 3.05) is 26.2 Å². The van der Waals surface area contributed by atoms with Gasteiger partial charge in [-0.2, -0.15) is 8.78 Å². The van der Waals surface area contributed by atoms with E-state index in [1.165, 1.54) is 31.4 Å². The first-order valence-electron chi connectivity index (χ1n) is 9.30. The highest BCUT2D eigenvalue weighted by atomic mass is 19.3. The van der Waals surface area contributed by atoms with E-state index in [1.54, 1.807) is 28.9 Å². The summed E-state index contributed by atoms with van der Waals surface area (Å²) in [6.07, 6.45) is 6.99. The van der Waals surface area contributed by atoms with Gasteiger partial charge in [-0.15, -0.1) is 10.2 Å². The summed E-state index contributed by atoms with van der Waals surface area (Å²) in [4.78, 5) is 6.56. The van der Waals surface area contributed by atoms with Crippen LogP contribution in [0.2, 0.25) is 0 Å². The maximum absolute atomic E-state index is 12.3. The molecule has 0 unspecified atom stereocenters. The summed E-state index contributed by atoms with van der Waals surface area (Å²) in [5.41, 5.74) is 1.26. The molecule has 4 rings (SSSR count). The Hall–Kier alpha value is -2.81. The van der Waals surface area contributed by atoms with Gasteiger partial charge < -0.3 is 9.47 Å². The van der Waals surface area contributed by atoms with Crippen LogP contribution in [0.5, 0.6) is 11.6 Å². The molecule has 7 nitrogen and oxygen atoms in total. The first-order valence-corrected chi connectivity index (χ1v) is 9.30. The van der Waals surface area contributed by atoms with Crippen molar-refractivity contribution in [3.05, 3.63) is 36.7 Å². The first kappa shape index (κ1) is 18.5. The first-order chi connectivity index (χ1) is 13.7. The largest absolute Gasteiger partial charge is 0.476 e. The summed E-state index contributed by atoms with van der Waals surface area (Å²) < 4.78 is 36.8. The number of alkyl halides is 2. The molecule has 1 aromatic carbocycles. The Balaban J connectivity index is 1.53. The van der Waals surface area contributed by atoms with Gasteiger partial charge in [0.1, 0.15) is 12.4 Å². The van der Waals surface area contributed by atoms with Gasteiger partial charge in [-0.25, -0.2) is 4.40 Å². The van der Waals surface area contributed by atoms with Gasteiger partial charge in [-0.1, -0.05) is 6.42 Å². The average Bonchev–Trinajstić information content (AvgIpc) is 3.14. The molecular weight excluding hydrogens is 368 g/mol. The minimum absolute atomic E-state index is 0.0900. The lowest BCUT2D eigenvalue weighted by Gasteiger charge is -2.26. The lowest BCUT2D eigenvalue weighted by atomic mass is 10.1. The molecule has 3 heterocycles. The maximum Gasteiger partial charge on any atom is 0.387 e. The number of aromatic nitrogens is 4. The highest BCUT2D eigenvalue weighted by Gasteiger charge is 2.15. The zero-order valence-corrected chi connectivity index (χ0v) is 15.3. The Kier molecular flexibility index (Phi) is 5.61. The molecule has 1 fully saturated rings. The number of rotatable bonds is 7. The quantitative estimate of drug-likeness (QED) is 0.618. The Labute approximate surface area is 160 Å². The number of fused-ring (bicyclic) bond motifs is 1. The van der Waals surface area contributed by atoms with E-state index in [9.17, 15) is 8.78 Å². The molecule has 1 aliphatic heterocycles. The van der Waals surface area contributed by atoms with Crippen molar-refractivity contribution >= 4 is 5.65 Å². The van der Waals surface area contributed by atoms with Crippen molar-refractivity contribution in [3.63, 3.8) is 0 Å². The fraction of sp³-hybridized carbons (Fsp3) is 0.421. The number of likely N-dealkylation sites (tertiary alicyclic amines) is 1. The Morgan fingerprint density at radius 2 is 1.79 bits per heavy atom. The minimum Gasteiger partial charge on any atom is -0.476 e. The SMILES string of the molecule is FC(F)Oc1ccc(-c2nnc3cncc(OCCN4CCCCC4)n23)cc1. The molecule has 0 aliphatic carbocycles. The summed E-state index contributed by atoms with van der Waals surface area (Å²) in [6.45, 7) is 0.756. The molecule has 0 radical (unpaired) electrons. The molecule has 0 N–H and O–H groups in total. The molecule has 28 heavy (non-hydrogen) atoms. The number of piperidine rings is 1. The van der Waals surface area contributed by atoms with E-state index in [1.807, 2.05) is 0 Å². The molecule has 148 valence electrons. The predicted octanol–water partition coefficient (Wildman–Crippen LogP) is 3.26. The van der Waals surface area contributed by atoms with Crippen LogP contribution in [0, 0.1) is 0 Å². The van der Waals surface area contributed by atoms with Gasteiger partial charge in [0.05, 0.1) is 12.4 Å². The molecule has 0 spiro atoms. The normalized spacial score (nSPS) is 15.2. The second-order valence-electron chi connectivity index (χ2n) is 6.62. The van der Waals surface area contributed by atoms with Crippen LogP contribution in [-0.2, 0) is 0 Å². The monoisotopic (exact) mass is 389 g/mol. The van der Waals surface area contributed by atoms with E-state index in [0.29, 0.717) is 29.5 Å². The second kappa shape index (κ2) is 8.47. The van der Waals surface area contributed by atoms with Crippen molar-refractivity contribution in [2.24, 2.45) is 0 Å². The van der Waals surface area contributed by atoms with E-state index in [-0.39, 0.29) is 5.75 Å². The molecule has 0 atom stereocenters. The van der Waals surface area contributed by atoms with E-state index in [2.05, 4.69) is 24.8 Å². The summed E-state index contributed by atoms with van der Waals surface area (Å²) in [5.74, 6) is 1.18. The number of halogens is 2. The van der Waals surface area contributed by atoms with Gasteiger partial charge in [0.2, 0.25) is 5.88 Å². The van der Waals surface area contributed by atoms with Crippen LogP contribution in [0.3, 0.4) is 0 Å². The van der Waals surface area contributed by atoms with E-state index in [4.69, 9.17) is 4.74 Å². The van der Waals surface area contributed by atoms with Gasteiger partial charge >= 0.3 is 6.61 Å². The maximum atomic E-state index is 12.3. The molecule has 2 aromatic heterocycles. The highest BCUT2D eigenvalue weighted by molar-refractivity contribution is 5.61. The van der Waals surface area contributed by atoms with Crippen LogP contribution < -0.4 is 9.47 Å². The number of hydrogen-bond acceptors (Lipinski definition) is 6. The third kappa shape index (κ3) is 4.19. The van der Waals surface area contributed by atoms with Crippen molar-refractivity contribution in [1.82, 2.24) is 24.5 Å². The molecular formula is C19H21F2N5O2. The Morgan fingerprint density at radius 3 is 2.54 bits per heavy atom. The molecule has 1 aliphatic rings. The smallest absolute Gasteiger partial charge is 0.387 e. The van der Waals surface area contributed by atoms with Crippen molar-refractivity contribution < 1.29 is 18.3 Å². The van der Waals surface area contributed by atoms with E-state index < -0.39 is 6.61 Å². The number of benzene rings is 1. The van der Waals surface area contributed by atoms with Gasteiger partial charge in [0.15, 0.2) is 11.5 Å². The number of nitrogens with zero attached hydrogens (tertiary/aromatic N) is 5. The Morgan fingerprint density at radius 1 is 1.00 bits per heavy atom. The average molecular weight is 389 g/mol. The minimum atomic E-state index is -2.86. The van der Waals surface area contributed by atoms with E-state index >= 15 is 0 Å². The summed E-state index contributed by atoms with van der Waals surface area (Å²) in [7, 11) is 0. The summed E-state index contributed by atoms with van der Waals surface area (Å²) in [6, 6.07) is 6.26. The van der Waals surface area contributed by atoms with Crippen molar-refractivity contribution in [2.45, 2.75) is 25.9 Å². The van der Waals surface area contributed by atoms with Gasteiger partial charge in [0.25, 0.3) is 0 Å². The van der Waals surface area contributed by atoms with Gasteiger partial charge in [0, 0.05) is 12.1 Å². The zero-order valence-electron chi connectivity index (χ0n) is 15.3. The van der Waals surface area contributed by atoms with Crippen LogP contribution in [0.25, 0.3) is 17.0 Å². The lowest BCUT2D eigenvalue weighted by Crippen LogP contribution is -2.33. The number of ether oxygens (including phenoxy) is 2. The third-order valence-corrected chi connectivity index (χ3v) is 4.73. The summed E-state index contributed by atoms with van der Waals surface area (Å²) >= 11 is 0. The van der Waals surface area contributed by atoms with Crippen molar-refractivity contribution in [3.8, 4) is 23.0 Å². The summed E-state index contributed by atoms with van der Waals surface area (Å²) in [5, 5.41) is 8.34. The molecule has 1 saturated heterocycles. The molecule has 0 saturated carbocycles. The van der Waals surface area contributed by atoms with Crippen molar-refractivity contribution in [1.29, 1.82) is 0 Å². The highest BCUT2D eigenvalue weighted by Crippen LogP contribution is 2.25. The van der Waals surface area contributed by atoms with Crippen LogP contribution in [0.15, 0.2) is 36.7 Å². The third-order valence-electron chi connectivity index (χ3n) is 4.73. The topological polar surface area (TPSA) is 64.8 Å². The van der Waals surface area contributed by atoms with Crippen LogP contribution >= 0.6 is 0 Å². The lowest BCUT2D eigenvalue weighted by molar-refractivity contribution is -0.0498. The molecule has 9 heteroatoms. The van der Waals surface area contributed by atoms with Gasteiger partial charge in [-0.05, 0) is 50.2 Å². The van der Waals surface area contributed by atoms with E-state index in [0.717, 1.165) is 19.6 Å². The fourth-order valence-electron chi connectivity index (χ4n) is 3.36.